The molecular weight excluding hydrogens is 370 g/mol. The van der Waals surface area contributed by atoms with Gasteiger partial charge in [0.05, 0.1) is 0 Å². The van der Waals surface area contributed by atoms with E-state index in [1.54, 1.807) is 6.92 Å². The first-order chi connectivity index (χ1) is 9.91. The van der Waals surface area contributed by atoms with E-state index < -0.39 is 5.54 Å². The molecule has 0 heterocycles. The second-order valence-corrected chi connectivity index (χ2v) is 6.45. The van der Waals surface area contributed by atoms with Crippen LogP contribution >= 0.6 is 28.3 Å². The van der Waals surface area contributed by atoms with Crippen molar-refractivity contribution in [3.63, 3.8) is 0 Å². The van der Waals surface area contributed by atoms with E-state index in [2.05, 4.69) is 26.6 Å². The minimum Gasteiger partial charge on any atom is -0.354 e. The van der Waals surface area contributed by atoms with E-state index in [9.17, 15) is 9.59 Å². The number of halogens is 2. The Morgan fingerprint density at radius 2 is 1.77 bits per heavy atom. The third-order valence-electron chi connectivity index (χ3n) is 3.57. The van der Waals surface area contributed by atoms with Crippen LogP contribution in [0.5, 0.6) is 0 Å². The summed E-state index contributed by atoms with van der Waals surface area (Å²) in [6, 6.07) is 7.34. The number of carbonyl (C=O) groups excluding carboxylic acids is 2. The number of nitrogens with one attached hydrogen (secondary N) is 2. The Hall–Kier alpha value is -1.11. The first-order valence-corrected chi connectivity index (χ1v) is 7.81. The molecule has 0 spiro atoms. The van der Waals surface area contributed by atoms with Crippen LogP contribution in [0, 0.1) is 5.92 Å². The second kappa shape index (κ2) is 7.94. The zero-order chi connectivity index (χ0) is 15.5. The largest absolute Gasteiger partial charge is 0.354 e. The van der Waals surface area contributed by atoms with Gasteiger partial charge in [-0.05, 0) is 37.5 Å². The van der Waals surface area contributed by atoms with Gasteiger partial charge in [-0.1, -0.05) is 28.1 Å². The minimum absolute atomic E-state index is 0. The lowest BCUT2D eigenvalue weighted by atomic mass is 9.92. The first-order valence-electron chi connectivity index (χ1n) is 7.02. The zero-order valence-corrected chi connectivity index (χ0v) is 14.8. The van der Waals surface area contributed by atoms with Crippen LogP contribution in [-0.2, 0) is 15.1 Å². The number of hydrogen-bond acceptors (Lipinski definition) is 3. The number of nitrogens with two attached hydrogens (primary N) is 1. The van der Waals surface area contributed by atoms with Crippen molar-refractivity contribution in [2.24, 2.45) is 11.7 Å². The van der Waals surface area contributed by atoms with Gasteiger partial charge in [-0.25, -0.2) is 0 Å². The molecule has 1 fully saturated rings. The van der Waals surface area contributed by atoms with Crippen LogP contribution in [0.1, 0.15) is 25.3 Å². The topological polar surface area (TPSA) is 84.2 Å². The SMILES string of the molecule is CC(N)(C(=O)NCCNC(=O)C1CC1)c1ccc(Br)cc1.Cl. The van der Waals surface area contributed by atoms with Gasteiger partial charge in [0.25, 0.3) is 0 Å². The molecule has 1 aromatic rings. The maximum atomic E-state index is 12.2. The third kappa shape index (κ3) is 4.97. The van der Waals surface area contributed by atoms with Crippen molar-refractivity contribution in [2.75, 3.05) is 13.1 Å². The van der Waals surface area contributed by atoms with Gasteiger partial charge in [0, 0.05) is 23.5 Å². The Morgan fingerprint density at radius 3 is 2.32 bits per heavy atom. The Morgan fingerprint density at radius 1 is 1.23 bits per heavy atom. The van der Waals surface area contributed by atoms with Gasteiger partial charge >= 0.3 is 0 Å². The molecule has 1 aliphatic rings. The van der Waals surface area contributed by atoms with Gasteiger partial charge in [-0.2, -0.15) is 0 Å². The minimum atomic E-state index is -1.10. The van der Waals surface area contributed by atoms with E-state index in [1.165, 1.54) is 0 Å². The van der Waals surface area contributed by atoms with Crippen molar-refractivity contribution in [3.8, 4) is 0 Å². The molecule has 5 nitrogen and oxygen atoms in total. The number of amides is 2. The summed E-state index contributed by atoms with van der Waals surface area (Å²) in [6.45, 7) is 2.48. The molecule has 0 radical (unpaired) electrons. The van der Waals surface area contributed by atoms with Gasteiger partial charge < -0.3 is 16.4 Å². The van der Waals surface area contributed by atoms with Crippen molar-refractivity contribution >= 4 is 40.2 Å². The van der Waals surface area contributed by atoms with Gasteiger partial charge in [-0.15, -0.1) is 12.4 Å². The van der Waals surface area contributed by atoms with Crippen LogP contribution < -0.4 is 16.4 Å². The summed E-state index contributed by atoms with van der Waals surface area (Å²) in [4.78, 5) is 23.6. The Bertz CT molecular complexity index is 530. The summed E-state index contributed by atoms with van der Waals surface area (Å²) in [5, 5.41) is 5.56. The predicted molar refractivity (Wildman–Crippen MR) is 91.7 cm³/mol. The maximum absolute atomic E-state index is 12.2. The molecule has 2 rings (SSSR count). The van der Waals surface area contributed by atoms with E-state index in [0.29, 0.717) is 13.1 Å². The van der Waals surface area contributed by atoms with Crippen LogP contribution in [0.4, 0.5) is 0 Å². The van der Waals surface area contributed by atoms with Crippen LogP contribution in [0.15, 0.2) is 28.7 Å². The van der Waals surface area contributed by atoms with Gasteiger partial charge in [0.1, 0.15) is 5.54 Å². The Labute approximate surface area is 144 Å². The monoisotopic (exact) mass is 389 g/mol. The lowest BCUT2D eigenvalue weighted by molar-refractivity contribution is -0.126. The molecule has 2 amide bonds. The first kappa shape index (κ1) is 18.9. The van der Waals surface area contributed by atoms with E-state index in [1.807, 2.05) is 24.3 Å². The van der Waals surface area contributed by atoms with E-state index in [4.69, 9.17) is 5.73 Å². The number of benzene rings is 1. The highest BCUT2D eigenvalue weighted by molar-refractivity contribution is 9.10. The van der Waals surface area contributed by atoms with Crippen LogP contribution in [-0.4, -0.2) is 24.9 Å². The molecule has 0 saturated heterocycles. The van der Waals surface area contributed by atoms with E-state index in [-0.39, 0.29) is 30.1 Å². The molecule has 0 bridgehead atoms. The molecule has 1 aliphatic carbocycles. The average Bonchev–Trinajstić information content (AvgIpc) is 3.28. The molecular formula is C15H21BrClN3O2. The summed E-state index contributed by atoms with van der Waals surface area (Å²) in [5.74, 6) is 0.00130. The molecule has 1 atom stereocenters. The fourth-order valence-electron chi connectivity index (χ4n) is 1.96. The molecule has 1 unspecified atom stereocenters. The highest BCUT2D eigenvalue weighted by Gasteiger charge is 2.31. The normalized spacial score (nSPS) is 16.1. The third-order valence-corrected chi connectivity index (χ3v) is 4.10. The van der Waals surface area contributed by atoms with Crippen molar-refractivity contribution in [1.29, 1.82) is 0 Å². The van der Waals surface area contributed by atoms with Crippen molar-refractivity contribution < 1.29 is 9.59 Å². The second-order valence-electron chi connectivity index (χ2n) is 5.53. The zero-order valence-electron chi connectivity index (χ0n) is 12.4. The highest BCUT2D eigenvalue weighted by Crippen LogP contribution is 2.28. The van der Waals surface area contributed by atoms with Crippen LogP contribution in [0.2, 0.25) is 0 Å². The number of rotatable bonds is 6. The van der Waals surface area contributed by atoms with Gasteiger partial charge in [-0.3, -0.25) is 9.59 Å². The number of hydrogen-bond donors (Lipinski definition) is 3. The standard InChI is InChI=1S/C15H20BrN3O2.ClH/c1-15(17,11-4-6-12(16)7-5-11)14(21)19-9-8-18-13(20)10-2-3-10;/h4-7,10H,2-3,8-9,17H2,1H3,(H,18,20)(H,19,21);1H. The van der Waals surface area contributed by atoms with Crippen molar-refractivity contribution in [1.82, 2.24) is 10.6 Å². The molecule has 122 valence electrons. The lowest BCUT2D eigenvalue weighted by Crippen LogP contribution is -2.50. The molecule has 0 aromatic heterocycles. The summed E-state index contributed by atoms with van der Waals surface area (Å²) in [7, 11) is 0. The van der Waals surface area contributed by atoms with Crippen LogP contribution in [0.3, 0.4) is 0 Å². The van der Waals surface area contributed by atoms with Gasteiger partial charge in [0.15, 0.2) is 0 Å². The summed E-state index contributed by atoms with van der Waals surface area (Å²) in [6.07, 6.45) is 1.95. The Balaban J connectivity index is 0.00000242. The fraction of sp³-hybridized carbons (Fsp3) is 0.467. The quantitative estimate of drug-likeness (QED) is 0.646. The lowest BCUT2D eigenvalue weighted by Gasteiger charge is -2.24. The smallest absolute Gasteiger partial charge is 0.244 e. The average molecular weight is 391 g/mol. The fourth-order valence-corrected chi connectivity index (χ4v) is 2.23. The van der Waals surface area contributed by atoms with Crippen LogP contribution in [0.25, 0.3) is 0 Å². The molecule has 1 aromatic carbocycles. The van der Waals surface area contributed by atoms with E-state index >= 15 is 0 Å². The molecule has 4 N–H and O–H groups in total. The molecule has 22 heavy (non-hydrogen) atoms. The van der Waals surface area contributed by atoms with E-state index in [0.717, 1.165) is 22.9 Å². The molecule has 7 heteroatoms. The Kier molecular flexibility index (Phi) is 6.84. The highest BCUT2D eigenvalue weighted by atomic mass is 79.9. The summed E-state index contributed by atoms with van der Waals surface area (Å²) >= 11 is 3.35. The molecule has 1 saturated carbocycles. The molecule has 0 aliphatic heterocycles. The predicted octanol–water partition coefficient (Wildman–Crippen LogP) is 1.69. The summed E-state index contributed by atoms with van der Waals surface area (Å²) < 4.78 is 0.935. The van der Waals surface area contributed by atoms with Crippen molar-refractivity contribution in [2.45, 2.75) is 25.3 Å². The van der Waals surface area contributed by atoms with Gasteiger partial charge in [0.2, 0.25) is 11.8 Å². The van der Waals surface area contributed by atoms with Crippen molar-refractivity contribution in [3.05, 3.63) is 34.3 Å². The number of carbonyl (C=O) groups is 2. The summed E-state index contributed by atoms with van der Waals surface area (Å²) in [5.41, 5.74) is 5.76. The maximum Gasteiger partial charge on any atom is 0.244 e.